The first-order valence-electron chi connectivity index (χ1n) is 9.08. The highest BCUT2D eigenvalue weighted by atomic mass is 79.9. The Hall–Kier alpha value is -1.86. The van der Waals surface area contributed by atoms with Crippen LogP contribution in [0.1, 0.15) is 30.4 Å². The summed E-state index contributed by atoms with van der Waals surface area (Å²) in [6.07, 6.45) is 3.74. The molecule has 0 unspecified atom stereocenters. The molecule has 1 aliphatic heterocycles. The second-order valence-electron chi connectivity index (χ2n) is 7.23. The van der Waals surface area contributed by atoms with Crippen LogP contribution >= 0.6 is 15.9 Å². The van der Waals surface area contributed by atoms with Gasteiger partial charge in [0.1, 0.15) is 0 Å². The van der Waals surface area contributed by atoms with E-state index in [-0.39, 0.29) is 16.7 Å². The fraction of sp³-hybridized carbons (Fsp3) is 0.350. The van der Waals surface area contributed by atoms with Crippen molar-refractivity contribution >= 4 is 43.2 Å². The van der Waals surface area contributed by atoms with Gasteiger partial charge in [-0.2, -0.15) is 0 Å². The molecule has 1 N–H and O–H groups in total. The molecule has 4 rings (SSSR count). The van der Waals surface area contributed by atoms with E-state index in [1.807, 2.05) is 17.9 Å². The van der Waals surface area contributed by atoms with Gasteiger partial charge in [0.25, 0.3) is 10.0 Å². The highest BCUT2D eigenvalue weighted by Crippen LogP contribution is 2.35. The summed E-state index contributed by atoms with van der Waals surface area (Å²) in [6, 6.07) is 10.4. The quantitative estimate of drug-likeness (QED) is 0.759. The van der Waals surface area contributed by atoms with Crippen LogP contribution in [0, 0.1) is 12.8 Å². The van der Waals surface area contributed by atoms with Crippen LogP contribution in [0.4, 0.5) is 11.4 Å². The molecule has 0 aromatic heterocycles. The minimum absolute atomic E-state index is 0.140. The minimum atomic E-state index is -3.68. The van der Waals surface area contributed by atoms with Crippen LogP contribution < -0.4 is 9.62 Å². The van der Waals surface area contributed by atoms with Crippen molar-refractivity contribution in [3.63, 3.8) is 0 Å². The Morgan fingerprint density at radius 3 is 2.63 bits per heavy atom. The molecular weight excluding hydrogens is 428 g/mol. The van der Waals surface area contributed by atoms with Crippen molar-refractivity contribution in [3.05, 3.63) is 52.0 Å². The lowest BCUT2D eigenvalue weighted by Crippen LogP contribution is -2.37. The van der Waals surface area contributed by atoms with Crippen molar-refractivity contribution in [3.8, 4) is 0 Å². The van der Waals surface area contributed by atoms with Crippen LogP contribution in [0.15, 0.2) is 45.8 Å². The molecule has 0 radical (unpaired) electrons. The molecule has 7 heteroatoms. The third-order valence-corrected chi connectivity index (χ3v) is 7.66. The van der Waals surface area contributed by atoms with Gasteiger partial charge in [0.15, 0.2) is 0 Å². The summed E-state index contributed by atoms with van der Waals surface area (Å²) in [5.41, 5.74) is 3.25. The lowest BCUT2D eigenvalue weighted by atomic mass is 9.84. The molecule has 0 saturated heterocycles. The van der Waals surface area contributed by atoms with Gasteiger partial charge in [-0.1, -0.05) is 22.4 Å². The second kappa shape index (κ2) is 6.95. The third kappa shape index (κ3) is 3.50. The molecule has 0 spiro atoms. The average molecular weight is 449 g/mol. The topological polar surface area (TPSA) is 66.5 Å². The molecule has 1 heterocycles. The summed E-state index contributed by atoms with van der Waals surface area (Å²) in [7, 11) is -3.68. The maximum atomic E-state index is 12.8. The van der Waals surface area contributed by atoms with E-state index in [1.54, 1.807) is 30.3 Å². The van der Waals surface area contributed by atoms with Crippen molar-refractivity contribution in [2.75, 3.05) is 16.2 Å². The van der Waals surface area contributed by atoms with E-state index in [0.717, 1.165) is 40.5 Å². The summed E-state index contributed by atoms with van der Waals surface area (Å²) in [5, 5.41) is 0. The predicted octanol–water partition coefficient (Wildman–Crippen LogP) is 4.25. The third-order valence-electron chi connectivity index (χ3n) is 5.39. The standard InChI is InChI=1S/C20H21BrN2O3S/c1-13-11-16(5-7-18(13)21)22-27(25,26)17-6-8-19-15(12-17)9-10-23(19)20(24)14-3-2-4-14/h5-8,11-12,14,22H,2-4,9-10H2,1H3. The van der Waals surface area contributed by atoms with Crippen LogP contribution in [0.3, 0.4) is 0 Å². The molecule has 5 nitrogen and oxygen atoms in total. The average Bonchev–Trinajstić information content (AvgIpc) is 2.99. The molecule has 1 aliphatic carbocycles. The summed E-state index contributed by atoms with van der Waals surface area (Å²) in [6.45, 7) is 2.54. The van der Waals surface area contributed by atoms with Gasteiger partial charge in [-0.3, -0.25) is 9.52 Å². The van der Waals surface area contributed by atoms with Crippen molar-refractivity contribution in [2.45, 2.75) is 37.5 Å². The SMILES string of the molecule is Cc1cc(NS(=O)(=O)c2ccc3c(c2)CCN3C(=O)C2CCC2)ccc1Br. The van der Waals surface area contributed by atoms with Gasteiger partial charge in [0, 0.05) is 28.3 Å². The maximum Gasteiger partial charge on any atom is 0.261 e. The number of nitrogens with one attached hydrogen (secondary N) is 1. The Morgan fingerprint density at radius 2 is 1.96 bits per heavy atom. The second-order valence-corrected chi connectivity index (χ2v) is 9.76. The maximum absolute atomic E-state index is 12.8. The fourth-order valence-electron chi connectivity index (χ4n) is 3.57. The first-order valence-corrected chi connectivity index (χ1v) is 11.4. The number of aryl methyl sites for hydroxylation is 1. The number of amides is 1. The molecule has 1 amide bonds. The molecule has 27 heavy (non-hydrogen) atoms. The smallest absolute Gasteiger partial charge is 0.261 e. The van der Waals surface area contributed by atoms with E-state index in [2.05, 4.69) is 20.7 Å². The number of carbonyl (C=O) groups is 1. The number of halogens is 1. The molecule has 142 valence electrons. The van der Waals surface area contributed by atoms with Crippen LogP contribution in [0.25, 0.3) is 0 Å². The molecule has 2 aliphatic rings. The zero-order valence-corrected chi connectivity index (χ0v) is 17.4. The van der Waals surface area contributed by atoms with E-state index < -0.39 is 10.0 Å². The number of anilines is 2. The number of nitrogens with zero attached hydrogens (tertiary/aromatic N) is 1. The van der Waals surface area contributed by atoms with Gasteiger partial charge < -0.3 is 4.90 Å². The van der Waals surface area contributed by atoms with Crippen LogP contribution in [0.5, 0.6) is 0 Å². The largest absolute Gasteiger partial charge is 0.312 e. The van der Waals surface area contributed by atoms with Crippen LogP contribution in [0.2, 0.25) is 0 Å². The van der Waals surface area contributed by atoms with Gasteiger partial charge >= 0.3 is 0 Å². The minimum Gasteiger partial charge on any atom is -0.312 e. The summed E-state index contributed by atoms with van der Waals surface area (Å²) in [4.78, 5) is 14.6. The Kier molecular flexibility index (Phi) is 4.76. The fourth-order valence-corrected chi connectivity index (χ4v) is 4.92. The number of hydrogen-bond acceptors (Lipinski definition) is 3. The lowest BCUT2D eigenvalue weighted by Gasteiger charge is -2.29. The van der Waals surface area contributed by atoms with Crippen molar-refractivity contribution in [1.82, 2.24) is 0 Å². The molecular formula is C20H21BrN2O3S. The molecule has 2 aromatic carbocycles. The highest BCUT2D eigenvalue weighted by Gasteiger charge is 2.33. The monoisotopic (exact) mass is 448 g/mol. The first kappa shape index (κ1) is 18.5. The Bertz CT molecular complexity index is 1020. The van der Waals surface area contributed by atoms with E-state index in [1.165, 1.54) is 0 Å². The summed E-state index contributed by atoms with van der Waals surface area (Å²) in [5.74, 6) is 0.320. The predicted molar refractivity (Wildman–Crippen MR) is 110 cm³/mol. The molecule has 1 fully saturated rings. The molecule has 1 saturated carbocycles. The van der Waals surface area contributed by atoms with E-state index >= 15 is 0 Å². The number of fused-ring (bicyclic) bond motifs is 1. The zero-order chi connectivity index (χ0) is 19.2. The zero-order valence-electron chi connectivity index (χ0n) is 15.0. The summed E-state index contributed by atoms with van der Waals surface area (Å²) < 4.78 is 29.1. The first-order chi connectivity index (χ1) is 12.8. The Morgan fingerprint density at radius 1 is 1.19 bits per heavy atom. The van der Waals surface area contributed by atoms with Gasteiger partial charge in [-0.05, 0) is 73.7 Å². The van der Waals surface area contributed by atoms with Crippen LogP contribution in [-0.2, 0) is 21.2 Å². The van der Waals surface area contributed by atoms with E-state index in [4.69, 9.17) is 0 Å². The number of rotatable bonds is 4. The number of carbonyl (C=O) groups excluding carboxylic acids is 1. The Labute approximate surface area is 167 Å². The molecule has 0 atom stereocenters. The van der Waals surface area contributed by atoms with Gasteiger partial charge in [0.05, 0.1) is 4.90 Å². The summed E-state index contributed by atoms with van der Waals surface area (Å²) >= 11 is 3.41. The number of sulfonamides is 1. The van der Waals surface area contributed by atoms with Crippen molar-refractivity contribution in [1.29, 1.82) is 0 Å². The van der Waals surface area contributed by atoms with Crippen molar-refractivity contribution < 1.29 is 13.2 Å². The van der Waals surface area contributed by atoms with Gasteiger partial charge in [0.2, 0.25) is 5.91 Å². The number of hydrogen-bond donors (Lipinski definition) is 1. The van der Waals surface area contributed by atoms with Crippen LogP contribution in [-0.4, -0.2) is 20.9 Å². The van der Waals surface area contributed by atoms with E-state index in [9.17, 15) is 13.2 Å². The van der Waals surface area contributed by atoms with Gasteiger partial charge in [-0.25, -0.2) is 8.42 Å². The van der Waals surface area contributed by atoms with Gasteiger partial charge in [-0.15, -0.1) is 0 Å². The normalized spacial score (nSPS) is 16.7. The van der Waals surface area contributed by atoms with Crippen molar-refractivity contribution in [2.24, 2.45) is 5.92 Å². The lowest BCUT2D eigenvalue weighted by molar-refractivity contribution is -0.124. The molecule has 2 aromatic rings. The number of benzene rings is 2. The van der Waals surface area contributed by atoms with E-state index in [0.29, 0.717) is 18.7 Å². The Balaban J connectivity index is 1.57. The highest BCUT2D eigenvalue weighted by molar-refractivity contribution is 9.10. The molecule has 0 bridgehead atoms.